The number of nitrogens with zero attached hydrogens (tertiary/aromatic N) is 2. The highest BCUT2D eigenvalue weighted by molar-refractivity contribution is 5.94. The third-order valence-electron chi connectivity index (χ3n) is 1.52. The van der Waals surface area contributed by atoms with Crippen LogP contribution in [-0.4, -0.2) is 17.2 Å². The summed E-state index contributed by atoms with van der Waals surface area (Å²) in [4.78, 5) is 7.67. The average Bonchev–Trinajstić information content (AvgIpc) is 2.33. The maximum absolute atomic E-state index is 8.97. The van der Waals surface area contributed by atoms with Gasteiger partial charge in [-0.25, -0.2) is 4.99 Å². The molecule has 0 aromatic rings. The number of aliphatic imine (C=N–C) groups is 2. The van der Waals surface area contributed by atoms with Crippen LogP contribution >= 0.6 is 0 Å². The van der Waals surface area contributed by atoms with Gasteiger partial charge in [0.15, 0.2) is 5.90 Å². The number of hydrogen-bond donors (Lipinski definition) is 1. The fourth-order valence-electron chi connectivity index (χ4n) is 0.989. The van der Waals surface area contributed by atoms with E-state index in [4.69, 9.17) is 5.11 Å². The van der Waals surface area contributed by atoms with Gasteiger partial charge < -0.3 is 5.11 Å². The minimum absolute atomic E-state index is 0.167. The van der Waals surface area contributed by atoms with E-state index in [0.29, 0.717) is 6.42 Å². The van der Waals surface area contributed by atoms with Crippen molar-refractivity contribution in [2.75, 3.05) is 0 Å². The molecule has 10 heavy (non-hydrogen) atoms. The van der Waals surface area contributed by atoms with Crippen molar-refractivity contribution in [1.82, 2.24) is 0 Å². The number of rotatable bonds is 0. The summed E-state index contributed by atoms with van der Waals surface area (Å²) in [7, 11) is 0. The van der Waals surface area contributed by atoms with Crippen molar-refractivity contribution < 1.29 is 5.11 Å². The first-order valence-corrected chi connectivity index (χ1v) is 3.04. The first-order valence-electron chi connectivity index (χ1n) is 3.04. The summed E-state index contributed by atoms with van der Waals surface area (Å²) in [6, 6.07) is 0. The van der Waals surface area contributed by atoms with Gasteiger partial charge in [-0.05, 0) is 5.57 Å². The minimum Gasteiger partial charge on any atom is -0.496 e. The maximum atomic E-state index is 8.97. The topological polar surface area (TPSA) is 45.0 Å². The zero-order valence-corrected chi connectivity index (χ0v) is 5.28. The molecule has 3 nitrogen and oxygen atoms in total. The average molecular weight is 134 g/mol. The Bertz CT molecular complexity index is 284. The van der Waals surface area contributed by atoms with E-state index in [1.54, 1.807) is 18.6 Å². The van der Waals surface area contributed by atoms with Crippen LogP contribution < -0.4 is 0 Å². The largest absolute Gasteiger partial charge is 0.496 e. The third kappa shape index (κ3) is 0.673. The summed E-state index contributed by atoms with van der Waals surface area (Å²) in [5.74, 6) is 0.167. The molecule has 2 heterocycles. The Balaban J connectivity index is 2.42. The van der Waals surface area contributed by atoms with Crippen LogP contribution in [0, 0.1) is 0 Å². The van der Waals surface area contributed by atoms with Gasteiger partial charge in [-0.1, -0.05) is 0 Å². The number of fused-ring (bicyclic) bond motifs is 1. The van der Waals surface area contributed by atoms with Gasteiger partial charge in [0.05, 0.1) is 6.42 Å². The molecule has 0 saturated heterocycles. The Morgan fingerprint density at radius 3 is 3.20 bits per heavy atom. The Morgan fingerprint density at radius 2 is 2.30 bits per heavy atom. The van der Waals surface area contributed by atoms with E-state index in [2.05, 4.69) is 9.98 Å². The lowest BCUT2D eigenvalue weighted by atomic mass is 10.1. The van der Waals surface area contributed by atoms with Crippen LogP contribution in [-0.2, 0) is 0 Å². The number of allylic oxidation sites excluding steroid dienone is 1. The van der Waals surface area contributed by atoms with E-state index in [1.165, 1.54) is 0 Å². The molecular weight excluding hydrogens is 128 g/mol. The molecule has 0 fully saturated rings. The SMILES string of the molecule is OC1=NC=C2C=NC=C2C1. The van der Waals surface area contributed by atoms with Gasteiger partial charge in [0, 0.05) is 24.2 Å². The zero-order chi connectivity index (χ0) is 6.97. The van der Waals surface area contributed by atoms with Gasteiger partial charge in [-0.3, -0.25) is 4.99 Å². The standard InChI is InChI=1S/C7H6N2O/c10-7-1-5-2-8-3-6(5)4-9-7/h2-4H,1H2,(H,9,10). The van der Waals surface area contributed by atoms with Crippen molar-refractivity contribution in [3.63, 3.8) is 0 Å². The molecular formula is C7H6N2O. The molecule has 2 aliphatic rings. The Hall–Kier alpha value is -1.38. The van der Waals surface area contributed by atoms with Crippen LogP contribution in [0.1, 0.15) is 6.42 Å². The molecule has 0 radical (unpaired) electrons. The van der Waals surface area contributed by atoms with Crippen LogP contribution in [0.2, 0.25) is 0 Å². The second kappa shape index (κ2) is 1.80. The molecule has 0 aromatic carbocycles. The van der Waals surface area contributed by atoms with Gasteiger partial charge in [0.25, 0.3) is 0 Å². The smallest absolute Gasteiger partial charge is 0.189 e. The lowest BCUT2D eigenvalue weighted by Crippen LogP contribution is -2.03. The minimum atomic E-state index is 0.167. The monoisotopic (exact) mass is 134 g/mol. The number of hydrogen-bond acceptors (Lipinski definition) is 2. The maximum Gasteiger partial charge on any atom is 0.189 e. The van der Waals surface area contributed by atoms with Crippen molar-refractivity contribution in [3.8, 4) is 0 Å². The highest BCUT2D eigenvalue weighted by Crippen LogP contribution is 2.21. The van der Waals surface area contributed by atoms with Gasteiger partial charge in [-0.15, -0.1) is 0 Å². The quantitative estimate of drug-likeness (QED) is 0.531. The highest BCUT2D eigenvalue weighted by Gasteiger charge is 2.13. The van der Waals surface area contributed by atoms with E-state index in [0.717, 1.165) is 11.1 Å². The Kier molecular flexibility index (Phi) is 0.974. The summed E-state index contributed by atoms with van der Waals surface area (Å²) in [5, 5.41) is 8.97. The molecule has 0 aliphatic carbocycles. The first-order chi connectivity index (χ1) is 4.86. The van der Waals surface area contributed by atoms with Gasteiger partial charge in [-0.2, -0.15) is 0 Å². The lowest BCUT2D eigenvalue weighted by molar-refractivity contribution is 0.537. The van der Waals surface area contributed by atoms with Crippen LogP contribution in [0.15, 0.2) is 33.5 Å². The fourth-order valence-corrected chi connectivity index (χ4v) is 0.989. The van der Waals surface area contributed by atoms with Crippen molar-refractivity contribution in [3.05, 3.63) is 23.5 Å². The van der Waals surface area contributed by atoms with Gasteiger partial charge in [0.2, 0.25) is 0 Å². The molecule has 0 unspecified atom stereocenters. The van der Waals surface area contributed by atoms with Crippen LogP contribution in [0.4, 0.5) is 0 Å². The van der Waals surface area contributed by atoms with Crippen molar-refractivity contribution in [2.45, 2.75) is 6.42 Å². The molecule has 2 aliphatic heterocycles. The van der Waals surface area contributed by atoms with Crippen molar-refractivity contribution in [1.29, 1.82) is 0 Å². The van der Waals surface area contributed by atoms with Crippen LogP contribution in [0.25, 0.3) is 0 Å². The van der Waals surface area contributed by atoms with Crippen LogP contribution in [0.5, 0.6) is 0 Å². The summed E-state index contributed by atoms with van der Waals surface area (Å²) in [5.41, 5.74) is 2.06. The molecule has 0 aromatic heterocycles. The highest BCUT2D eigenvalue weighted by atomic mass is 16.3. The Labute approximate surface area is 58.1 Å². The van der Waals surface area contributed by atoms with E-state index in [9.17, 15) is 0 Å². The molecule has 0 saturated carbocycles. The fraction of sp³-hybridized carbons (Fsp3) is 0.143. The van der Waals surface area contributed by atoms with Crippen LogP contribution in [0.3, 0.4) is 0 Å². The predicted molar refractivity (Wildman–Crippen MR) is 39.3 cm³/mol. The van der Waals surface area contributed by atoms with Gasteiger partial charge in [0.1, 0.15) is 0 Å². The third-order valence-corrected chi connectivity index (χ3v) is 1.52. The summed E-state index contributed by atoms with van der Waals surface area (Å²) in [6.45, 7) is 0. The van der Waals surface area contributed by atoms with E-state index in [1.807, 2.05) is 0 Å². The van der Waals surface area contributed by atoms with E-state index < -0.39 is 0 Å². The normalized spacial score (nSPS) is 21.4. The molecule has 2 rings (SSSR count). The van der Waals surface area contributed by atoms with Crippen molar-refractivity contribution in [2.24, 2.45) is 9.98 Å². The lowest BCUT2D eigenvalue weighted by Gasteiger charge is -2.05. The van der Waals surface area contributed by atoms with Gasteiger partial charge >= 0.3 is 0 Å². The second-order valence-corrected chi connectivity index (χ2v) is 2.24. The molecule has 0 amide bonds. The Morgan fingerprint density at radius 1 is 1.40 bits per heavy atom. The predicted octanol–water partition coefficient (Wildman–Crippen LogP) is 1.20. The molecule has 0 atom stereocenters. The zero-order valence-electron chi connectivity index (χ0n) is 5.28. The van der Waals surface area contributed by atoms with Crippen molar-refractivity contribution >= 4 is 12.1 Å². The number of aliphatic hydroxyl groups excluding tert-OH is 1. The summed E-state index contributed by atoms with van der Waals surface area (Å²) >= 11 is 0. The second-order valence-electron chi connectivity index (χ2n) is 2.24. The van der Waals surface area contributed by atoms with E-state index >= 15 is 0 Å². The molecule has 1 N–H and O–H groups in total. The molecule has 50 valence electrons. The first kappa shape index (κ1) is 5.41. The van der Waals surface area contributed by atoms with E-state index in [-0.39, 0.29) is 5.90 Å². The number of aliphatic hydroxyl groups is 1. The molecule has 0 bridgehead atoms. The summed E-state index contributed by atoms with van der Waals surface area (Å²) in [6.07, 6.45) is 5.63. The molecule has 3 heteroatoms. The molecule has 0 spiro atoms. The summed E-state index contributed by atoms with van der Waals surface area (Å²) < 4.78 is 0.